The lowest BCUT2D eigenvalue weighted by atomic mass is 10.1. The molecule has 5 nitrogen and oxygen atoms in total. The van der Waals surface area contributed by atoms with Gasteiger partial charge < -0.3 is 5.32 Å². The molecule has 0 spiro atoms. The predicted octanol–water partition coefficient (Wildman–Crippen LogP) is 4.86. The number of hydrogen-bond donors (Lipinski definition) is 1. The van der Waals surface area contributed by atoms with Gasteiger partial charge in [0.1, 0.15) is 11.6 Å². The summed E-state index contributed by atoms with van der Waals surface area (Å²) in [6, 6.07) is 12.6. The molecule has 0 aliphatic heterocycles. The van der Waals surface area contributed by atoms with Gasteiger partial charge in [0.25, 0.3) is 0 Å². The molecule has 3 rings (SSSR count). The Morgan fingerprint density at radius 3 is 2.50 bits per heavy atom. The van der Waals surface area contributed by atoms with Gasteiger partial charge in [-0.3, -0.25) is 9.36 Å². The van der Waals surface area contributed by atoms with Gasteiger partial charge in [-0.1, -0.05) is 55.9 Å². The lowest BCUT2D eigenvalue weighted by Gasteiger charge is -2.15. The van der Waals surface area contributed by atoms with E-state index in [2.05, 4.69) is 29.4 Å². The third-order valence-corrected chi connectivity index (χ3v) is 5.53. The molecule has 0 bridgehead atoms. The topological polar surface area (TPSA) is 59.8 Å². The van der Waals surface area contributed by atoms with Crippen molar-refractivity contribution in [3.63, 3.8) is 0 Å². The SMILES string of the molecule is CC(C)CCNC(=O)C(C)Sc1nnc(-c2ccccc2)n1-c1ccc(F)cc1F. The predicted molar refractivity (Wildman–Crippen MR) is 114 cm³/mol. The normalized spacial score (nSPS) is 12.2. The molecule has 0 fully saturated rings. The van der Waals surface area contributed by atoms with Gasteiger partial charge in [0.15, 0.2) is 11.0 Å². The minimum atomic E-state index is -0.733. The van der Waals surface area contributed by atoms with Crippen LogP contribution in [0.5, 0.6) is 0 Å². The third-order valence-electron chi connectivity index (χ3n) is 4.49. The van der Waals surface area contributed by atoms with Crippen molar-refractivity contribution in [2.24, 2.45) is 5.92 Å². The number of rotatable bonds is 8. The van der Waals surface area contributed by atoms with E-state index in [1.807, 2.05) is 30.3 Å². The van der Waals surface area contributed by atoms with E-state index in [1.165, 1.54) is 28.5 Å². The van der Waals surface area contributed by atoms with E-state index >= 15 is 0 Å². The van der Waals surface area contributed by atoms with Crippen molar-refractivity contribution in [1.29, 1.82) is 0 Å². The molecule has 0 saturated heterocycles. The van der Waals surface area contributed by atoms with Gasteiger partial charge in [0.2, 0.25) is 5.91 Å². The first-order valence-electron chi connectivity index (χ1n) is 9.77. The second-order valence-corrected chi connectivity index (χ2v) is 8.64. The minimum Gasteiger partial charge on any atom is -0.355 e. The van der Waals surface area contributed by atoms with Gasteiger partial charge in [-0.25, -0.2) is 8.78 Å². The number of hydrogen-bond acceptors (Lipinski definition) is 4. The van der Waals surface area contributed by atoms with Crippen molar-refractivity contribution in [3.8, 4) is 17.1 Å². The number of aromatic nitrogens is 3. The van der Waals surface area contributed by atoms with Crippen LogP contribution in [0.3, 0.4) is 0 Å². The van der Waals surface area contributed by atoms with Crippen LogP contribution in [0.2, 0.25) is 0 Å². The Morgan fingerprint density at radius 1 is 1.10 bits per heavy atom. The van der Waals surface area contributed by atoms with Crippen LogP contribution in [-0.4, -0.2) is 32.5 Å². The third kappa shape index (κ3) is 5.24. The summed E-state index contributed by atoms with van der Waals surface area (Å²) in [5, 5.41) is 11.2. The molecular formula is C22H24F2N4OS. The molecule has 1 atom stereocenters. The number of nitrogens with one attached hydrogen (secondary N) is 1. The summed E-state index contributed by atoms with van der Waals surface area (Å²) in [5.74, 6) is -0.626. The monoisotopic (exact) mass is 430 g/mol. The second kappa shape index (κ2) is 9.84. The standard InChI is InChI=1S/C22H24F2N4OS/c1-14(2)11-12-25-21(29)15(3)30-22-27-26-20(16-7-5-4-6-8-16)28(22)19-10-9-17(23)13-18(19)24/h4-10,13-15H,11-12H2,1-3H3,(H,25,29). The van der Waals surface area contributed by atoms with Crippen molar-refractivity contribution < 1.29 is 13.6 Å². The number of amides is 1. The quantitative estimate of drug-likeness (QED) is 0.519. The first-order valence-corrected chi connectivity index (χ1v) is 10.7. The highest BCUT2D eigenvalue weighted by atomic mass is 32.2. The Bertz CT molecular complexity index is 1010. The zero-order chi connectivity index (χ0) is 21.7. The van der Waals surface area contributed by atoms with E-state index in [1.54, 1.807) is 6.92 Å². The highest BCUT2D eigenvalue weighted by Crippen LogP contribution is 2.31. The van der Waals surface area contributed by atoms with Crippen molar-refractivity contribution in [2.45, 2.75) is 37.6 Å². The number of carbonyl (C=O) groups is 1. The average Bonchev–Trinajstić information content (AvgIpc) is 3.11. The van der Waals surface area contributed by atoms with Crippen LogP contribution < -0.4 is 5.32 Å². The van der Waals surface area contributed by atoms with Gasteiger partial charge in [0, 0.05) is 18.2 Å². The zero-order valence-electron chi connectivity index (χ0n) is 17.1. The summed E-state index contributed by atoms with van der Waals surface area (Å²) in [5.41, 5.74) is 0.852. The number of halogens is 2. The van der Waals surface area contributed by atoms with Crippen LogP contribution in [0.25, 0.3) is 17.1 Å². The number of nitrogens with zero attached hydrogens (tertiary/aromatic N) is 3. The maximum Gasteiger partial charge on any atom is 0.233 e. The largest absolute Gasteiger partial charge is 0.355 e. The molecule has 1 unspecified atom stereocenters. The molecule has 0 radical (unpaired) electrons. The maximum absolute atomic E-state index is 14.6. The fraction of sp³-hybridized carbons (Fsp3) is 0.318. The van der Waals surface area contributed by atoms with Crippen molar-refractivity contribution in [1.82, 2.24) is 20.1 Å². The summed E-state index contributed by atoms with van der Waals surface area (Å²) in [6.45, 7) is 6.54. The second-order valence-electron chi connectivity index (χ2n) is 7.34. The van der Waals surface area contributed by atoms with Crippen LogP contribution in [-0.2, 0) is 4.79 Å². The zero-order valence-corrected chi connectivity index (χ0v) is 17.9. The van der Waals surface area contributed by atoms with Gasteiger partial charge >= 0.3 is 0 Å². The average molecular weight is 431 g/mol. The number of carbonyl (C=O) groups excluding carboxylic acids is 1. The molecule has 1 aromatic heterocycles. The number of benzene rings is 2. The van der Waals surface area contributed by atoms with Crippen LogP contribution in [0, 0.1) is 17.6 Å². The summed E-state index contributed by atoms with van der Waals surface area (Å²) in [6.07, 6.45) is 0.887. The fourth-order valence-corrected chi connectivity index (χ4v) is 3.72. The highest BCUT2D eigenvalue weighted by Gasteiger charge is 2.23. The Balaban J connectivity index is 1.93. The molecule has 1 amide bonds. The lowest BCUT2D eigenvalue weighted by Crippen LogP contribution is -2.32. The highest BCUT2D eigenvalue weighted by molar-refractivity contribution is 8.00. The molecule has 158 valence electrons. The van der Waals surface area contributed by atoms with Crippen LogP contribution >= 0.6 is 11.8 Å². The Morgan fingerprint density at radius 2 is 1.83 bits per heavy atom. The fourth-order valence-electron chi connectivity index (χ4n) is 2.84. The van der Waals surface area contributed by atoms with Gasteiger partial charge in [-0.15, -0.1) is 10.2 Å². The summed E-state index contributed by atoms with van der Waals surface area (Å²) in [4.78, 5) is 12.5. The minimum absolute atomic E-state index is 0.121. The van der Waals surface area contributed by atoms with Crippen molar-refractivity contribution in [3.05, 3.63) is 60.2 Å². The molecule has 0 aliphatic rings. The molecule has 0 aliphatic carbocycles. The van der Waals surface area contributed by atoms with Crippen LogP contribution in [0.15, 0.2) is 53.7 Å². The van der Waals surface area contributed by atoms with Gasteiger partial charge in [0.05, 0.1) is 10.9 Å². The van der Waals surface area contributed by atoms with E-state index in [9.17, 15) is 13.6 Å². The molecule has 1 heterocycles. The van der Waals surface area contributed by atoms with E-state index in [0.717, 1.165) is 18.1 Å². The van der Waals surface area contributed by atoms with Crippen LogP contribution in [0.4, 0.5) is 8.78 Å². The number of thioether (sulfide) groups is 1. The summed E-state index contributed by atoms with van der Waals surface area (Å²) < 4.78 is 29.6. The molecule has 3 aromatic rings. The Hall–Kier alpha value is -2.74. The van der Waals surface area contributed by atoms with E-state index in [4.69, 9.17) is 0 Å². The smallest absolute Gasteiger partial charge is 0.233 e. The van der Waals surface area contributed by atoms with E-state index in [0.29, 0.717) is 23.4 Å². The molecule has 0 saturated carbocycles. The van der Waals surface area contributed by atoms with E-state index in [-0.39, 0.29) is 11.6 Å². The van der Waals surface area contributed by atoms with Gasteiger partial charge in [-0.2, -0.15) is 0 Å². The summed E-state index contributed by atoms with van der Waals surface area (Å²) in [7, 11) is 0. The molecular weight excluding hydrogens is 406 g/mol. The summed E-state index contributed by atoms with van der Waals surface area (Å²) >= 11 is 1.18. The first kappa shape index (κ1) is 22.0. The van der Waals surface area contributed by atoms with Crippen molar-refractivity contribution in [2.75, 3.05) is 6.54 Å². The van der Waals surface area contributed by atoms with E-state index < -0.39 is 16.9 Å². The Kier molecular flexibility index (Phi) is 7.20. The van der Waals surface area contributed by atoms with Crippen molar-refractivity contribution >= 4 is 17.7 Å². The molecule has 1 N–H and O–H groups in total. The van der Waals surface area contributed by atoms with Gasteiger partial charge in [-0.05, 0) is 31.4 Å². The lowest BCUT2D eigenvalue weighted by molar-refractivity contribution is -0.120. The molecule has 30 heavy (non-hydrogen) atoms. The maximum atomic E-state index is 14.6. The molecule has 8 heteroatoms. The first-order chi connectivity index (χ1) is 14.4. The Labute approximate surface area is 178 Å². The van der Waals surface area contributed by atoms with Crippen LogP contribution in [0.1, 0.15) is 27.2 Å². The molecule has 2 aromatic carbocycles.